The SMILES string of the molecule is CCN1CCN(CCCOc2cccc(N)c2)CC1. The van der Waals surface area contributed by atoms with E-state index in [1.807, 2.05) is 24.3 Å². The van der Waals surface area contributed by atoms with E-state index < -0.39 is 0 Å². The largest absolute Gasteiger partial charge is 0.493 e. The van der Waals surface area contributed by atoms with Crippen LogP contribution in [0.2, 0.25) is 0 Å². The van der Waals surface area contributed by atoms with Crippen molar-refractivity contribution in [1.29, 1.82) is 0 Å². The smallest absolute Gasteiger partial charge is 0.121 e. The van der Waals surface area contributed by atoms with Gasteiger partial charge in [0.05, 0.1) is 6.61 Å². The molecule has 2 rings (SSSR count). The maximum absolute atomic E-state index is 5.71. The van der Waals surface area contributed by atoms with E-state index in [0.29, 0.717) is 0 Å². The number of hydrogen-bond donors (Lipinski definition) is 1. The number of nitrogen functional groups attached to an aromatic ring is 1. The Morgan fingerprint density at radius 3 is 2.58 bits per heavy atom. The van der Waals surface area contributed by atoms with Crippen LogP contribution in [0.25, 0.3) is 0 Å². The van der Waals surface area contributed by atoms with Gasteiger partial charge in [0.25, 0.3) is 0 Å². The highest BCUT2D eigenvalue weighted by Gasteiger charge is 2.14. The fraction of sp³-hybridized carbons (Fsp3) is 0.600. The third-order valence-corrected chi connectivity index (χ3v) is 3.66. The molecule has 0 saturated carbocycles. The molecule has 106 valence electrons. The summed E-state index contributed by atoms with van der Waals surface area (Å²) in [6, 6.07) is 7.63. The van der Waals surface area contributed by atoms with Gasteiger partial charge in [-0.2, -0.15) is 0 Å². The van der Waals surface area contributed by atoms with Crippen LogP contribution in [0.1, 0.15) is 13.3 Å². The summed E-state index contributed by atoms with van der Waals surface area (Å²) in [4.78, 5) is 5.02. The van der Waals surface area contributed by atoms with Crippen molar-refractivity contribution in [3.63, 3.8) is 0 Å². The zero-order valence-electron chi connectivity index (χ0n) is 11.8. The van der Waals surface area contributed by atoms with Crippen LogP contribution < -0.4 is 10.5 Å². The number of rotatable bonds is 6. The van der Waals surface area contributed by atoms with Gasteiger partial charge in [-0.25, -0.2) is 0 Å². The quantitative estimate of drug-likeness (QED) is 0.626. The Kier molecular flexibility index (Phi) is 5.48. The maximum atomic E-state index is 5.71. The van der Waals surface area contributed by atoms with E-state index in [9.17, 15) is 0 Å². The summed E-state index contributed by atoms with van der Waals surface area (Å²) in [6.07, 6.45) is 1.07. The van der Waals surface area contributed by atoms with Crippen molar-refractivity contribution in [2.75, 3.05) is 51.6 Å². The van der Waals surface area contributed by atoms with Gasteiger partial charge in [-0.1, -0.05) is 13.0 Å². The van der Waals surface area contributed by atoms with Gasteiger partial charge in [-0.05, 0) is 25.1 Å². The van der Waals surface area contributed by atoms with Crippen molar-refractivity contribution in [3.05, 3.63) is 24.3 Å². The van der Waals surface area contributed by atoms with E-state index in [1.165, 1.54) is 32.7 Å². The van der Waals surface area contributed by atoms with Crippen LogP contribution in [0.3, 0.4) is 0 Å². The van der Waals surface area contributed by atoms with Gasteiger partial charge in [0.1, 0.15) is 5.75 Å². The summed E-state index contributed by atoms with van der Waals surface area (Å²) >= 11 is 0. The molecule has 1 aliphatic rings. The molecule has 0 unspecified atom stereocenters. The molecule has 1 aromatic carbocycles. The van der Waals surface area contributed by atoms with Crippen molar-refractivity contribution < 1.29 is 4.74 Å². The van der Waals surface area contributed by atoms with Gasteiger partial charge >= 0.3 is 0 Å². The van der Waals surface area contributed by atoms with Crippen molar-refractivity contribution in [1.82, 2.24) is 9.80 Å². The fourth-order valence-electron chi connectivity index (χ4n) is 2.41. The zero-order valence-corrected chi connectivity index (χ0v) is 11.8. The molecular formula is C15H25N3O. The van der Waals surface area contributed by atoms with Gasteiger partial charge < -0.3 is 20.3 Å². The van der Waals surface area contributed by atoms with Gasteiger partial charge in [-0.3, -0.25) is 0 Å². The normalized spacial score (nSPS) is 17.5. The lowest BCUT2D eigenvalue weighted by Gasteiger charge is -2.33. The molecule has 19 heavy (non-hydrogen) atoms. The second-order valence-corrected chi connectivity index (χ2v) is 5.05. The average molecular weight is 263 g/mol. The topological polar surface area (TPSA) is 41.7 Å². The third-order valence-electron chi connectivity index (χ3n) is 3.66. The highest BCUT2D eigenvalue weighted by molar-refractivity contribution is 5.43. The Balaban J connectivity index is 1.60. The van der Waals surface area contributed by atoms with Crippen LogP contribution in [-0.4, -0.2) is 55.7 Å². The Bertz CT molecular complexity index is 375. The first-order valence-electron chi connectivity index (χ1n) is 7.21. The molecule has 0 radical (unpaired) electrons. The molecule has 0 aliphatic carbocycles. The molecule has 0 aromatic heterocycles. The Morgan fingerprint density at radius 2 is 1.89 bits per heavy atom. The summed E-state index contributed by atoms with van der Waals surface area (Å²) in [5.74, 6) is 0.871. The molecule has 2 N–H and O–H groups in total. The number of hydrogen-bond acceptors (Lipinski definition) is 4. The second-order valence-electron chi connectivity index (χ2n) is 5.05. The van der Waals surface area contributed by atoms with E-state index in [1.54, 1.807) is 0 Å². The van der Waals surface area contributed by atoms with Crippen LogP contribution in [0, 0.1) is 0 Å². The van der Waals surface area contributed by atoms with Crippen LogP contribution in [-0.2, 0) is 0 Å². The number of likely N-dealkylation sites (N-methyl/N-ethyl adjacent to an activating group) is 1. The van der Waals surface area contributed by atoms with Gasteiger partial charge in [0.15, 0.2) is 0 Å². The number of nitrogens with two attached hydrogens (primary N) is 1. The summed E-state index contributed by atoms with van der Waals surface area (Å²) in [7, 11) is 0. The highest BCUT2D eigenvalue weighted by atomic mass is 16.5. The molecule has 0 bridgehead atoms. The Labute approximate surface area is 116 Å². The van der Waals surface area contributed by atoms with Crippen molar-refractivity contribution >= 4 is 5.69 Å². The number of ether oxygens (including phenoxy) is 1. The molecule has 4 heteroatoms. The third kappa shape index (κ3) is 4.73. The summed E-state index contributed by atoms with van der Waals surface area (Å²) in [5, 5.41) is 0. The van der Waals surface area contributed by atoms with E-state index in [0.717, 1.165) is 31.0 Å². The monoisotopic (exact) mass is 263 g/mol. The standard InChI is InChI=1S/C15H25N3O/c1-2-17-8-10-18(11-9-17)7-4-12-19-15-6-3-5-14(16)13-15/h3,5-6,13H,2,4,7-12,16H2,1H3. The summed E-state index contributed by atoms with van der Waals surface area (Å²) in [5.41, 5.74) is 6.47. The first-order valence-corrected chi connectivity index (χ1v) is 7.21. The minimum Gasteiger partial charge on any atom is -0.493 e. The van der Waals surface area contributed by atoms with Crippen LogP contribution in [0.5, 0.6) is 5.75 Å². The lowest BCUT2D eigenvalue weighted by atomic mass is 10.3. The minimum atomic E-state index is 0.758. The lowest BCUT2D eigenvalue weighted by Crippen LogP contribution is -2.46. The van der Waals surface area contributed by atoms with E-state index in [4.69, 9.17) is 10.5 Å². The average Bonchev–Trinajstić information content (AvgIpc) is 2.44. The lowest BCUT2D eigenvalue weighted by molar-refractivity contribution is 0.130. The fourth-order valence-corrected chi connectivity index (χ4v) is 2.41. The molecule has 1 heterocycles. The number of benzene rings is 1. The molecule has 0 atom stereocenters. The number of piperazine rings is 1. The van der Waals surface area contributed by atoms with Crippen LogP contribution in [0.15, 0.2) is 24.3 Å². The molecule has 0 spiro atoms. The van der Waals surface area contributed by atoms with Crippen molar-refractivity contribution in [2.45, 2.75) is 13.3 Å². The first kappa shape index (κ1) is 14.2. The van der Waals surface area contributed by atoms with Crippen molar-refractivity contribution in [3.8, 4) is 5.75 Å². The molecule has 1 fully saturated rings. The predicted molar refractivity (Wildman–Crippen MR) is 79.5 cm³/mol. The van der Waals surface area contributed by atoms with E-state index in [2.05, 4.69) is 16.7 Å². The van der Waals surface area contributed by atoms with Crippen LogP contribution in [0.4, 0.5) is 5.69 Å². The number of nitrogens with zero attached hydrogens (tertiary/aromatic N) is 2. The maximum Gasteiger partial charge on any atom is 0.121 e. The molecule has 0 amide bonds. The second kappa shape index (κ2) is 7.36. The van der Waals surface area contributed by atoms with Gasteiger partial charge in [0.2, 0.25) is 0 Å². The van der Waals surface area contributed by atoms with Crippen LogP contribution >= 0.6 is 0 Å². The first-order chi connectivity index (χ1) is 9.28. The molecule has 1 aromatic rings. The van der Waals surface area contributed by atoms with Gasteiger partial charge in [0, 0.05) is 44.5 Å². The summed E-state index contributed by atoms with van der Waals surface area (Å²) in [6.45, 7) is 10.1. The Morgan fingerprint density at radius 1 is 1.16 bits per heavy atom. The highest BCUT2D eigenvalue weighted by Crippen LogP contribution is 2.14. The summed E-state index contributed by atoms with van der Waals surface area (Å²) < 4.78 is 5.70. The van der Waals surface area contributed by atoms with E-state index in [-0.39, 0.29) is 0 Å². The Hall–Kier alpha value is -1.26. The molecule has 1 aliphatic heterocycles. The van der Waals surface area contributed by atoms with E-state index >= 15 is 0 Å². The predicted octanol–water partition coefficient (Wildman–Crippen LogP) is 1.68. The molecular weight excluding hydrogens is 238 g/mol. The minimum absolute atomic E-state index is 0.758. The zero-order chi connectivity index (χ0) is 13.5. The molecule has 4 nitrogen and oxygen atoms in total. The van der Waals surface area contributed by atoms with Gasteiger partial charge in [-0.15, -0.1) is 0 Å². The number of anilines is 1. The molecule has 1 saturated heterocycles. The van der Waals surface area contributed by atoms with Crippen molar-refractivity contribution in [2.24, 2.45) is 0 Å².